The van der Waals surface area contributed by atoms with Crippen LogP contribution in [0.1, 0.15) is 11.6 Å². The minimum atomic E-state index is 0.461. The number of nitrogens with one attached hydrogen (secondary N) is 2. The third-order valence-electron chi connectivity index (χ3n) is 3.86. The fourth-order valence-electron chi connectivity index (χ4n) is 2.81. The third kappa shape index (κ3) is 1.66. The maximum absolute atomic E-state index is 3.47. The smallest absolute Gasteiger partial charge is 0.0481 e. The first-order chi connectivity index (χ1) is 8.31. The number of aromatic nitrogens is 1. The van der Waals surface area contributed by atoms with Gasteiger partial charge >= 0.3 is 0 Å². The molecule has 1 aliphatic heterocycles. The highest BCUT2D eigenvalue weighted by molar-refractivity contribution is 5.84. The number of para-hydroxylation sites is 1. The van der Waals surface area contributed by atoms with Crippen molar-refractivity contribution in [3.63, 3.8) is 0 Å². The minimum Gasteiger partial charge on any atom is -0.350 e. The molecule has 17 heavy (non-hydrogen) atoms. The molecular formula is C14H19N3. The van der Waals surface area contributed by atoms with E-state index in [1.54, 1.807) is 0 Å². The number of hydrogen-bond acceptors (Lipinski definition) is 2. The van der Waals surface area contributed by atoms with Crippen molar-refractivity contribution in [2.45, 2.75) is 6.04 Å². The maximum Gasteiger partial charge on any atom is 0.0481 e. The average Bonchev–Trinajstić information content (AvgIpc) is 2.62. The Balaban J connectivity index is 2.09. The van der Waals surface area contributed by atoms with E-state index >= 15 is 0 Å². The molecule has 1 atom stereocenters. The van der Waals surface area contributed by atoms with E-state index in [1.165, 1.54) is 16.5 Å². The SMILES string of the molecule is CNC(c1cn(C)c2ccccc12)C1CNC1. The van der Waals surface area contributed by atoms with E-state index in [1.807, 2.05) is 0 Å². The molecule has 1 saturated heterocycles. The summed E-state index contributed by atoms with van der Waals surface area (Å²) >= 11 is 0. The maximum atomic E-state index is 3.47. The van der Waals surface area contributed by atoms with Crippen molar-refractivity contribution < 1.29 is 0 Å². The van der Waals surface area contributed by atoms with Gasteiger partial charge in [-0.2, -0.15) is 0 Å². The van der Waals surface area contributed by atoms with E-state index < -0.39 is 0 Å². The summed E-state index contributed by atoms with van der Waals surface area (Å²) in [6, 6.07) is 9.09. The summed E-state index contributed by atoms with van der Waals surface area (Å²) in [4.78, 5) is 0. The zero-order valence-electron chi connectivity index (χ0n) is 10.4. The van der Waals surface area contributed by atoms with E-state index in [4.69, 9.17) is 0 Å². The van der Waals surface area contributed by atoms with Crippen LogP contribution in [-0.2, 0) is 7.05 Å². The molecule has 1 fully saturated rings. The van der Waals surface area contributed by atoms with Gasteiger partial charge in [0.15, 0.2) is 0 Å². The Morgan fingerprint density at radius 3 is 2.76 bits per heavy atom. The van der Waals surface area contributed by atoms with E-state index in [-0.39, 0.29) is 0 Å². The molecule has 2 heterocycles. The molecule has 1 unspecified atom stereocenters. The van der Waals surface area contributed by atoms with Crippen molar-refractivity contribution in [1.29, 1.82) is 0 Å². The van der Waals surface area contributed by atoms with Gasteiger partial charge in [-0.3, -0.25) is 0 Å². The third-order valence-corrected chi connectivity index (χ3v) is 3.86. The van der Waals surface area contributed by atoms with Gasteiger partial charge in [0.25, 0.3) is 0 Å². The minimum absolute atomic E-state index is 0.461. The number of benzene rings is 1. The van der Waals surface area contributed by atoms with E-state index in [2.05, 4.69) is 59.8 Å². The molecule has 0 radical (unpaired) electrons. The van der Waals surface area contributed by atoms with Crippen molar-refractivity contribution in [3.8, 4) is 0 Å². The topological polar surface area (TPSA) is 29.0 Å². The van der Waals surface area contributed by atoms with Gasteiger partial charge < -0.3 is 15.2 Å². The van der Waals surface area contributed by atoms with Gasteiger partial charge in [-0.1, -0.05) is 18.2 Å². The van der Waals surface area contributed by atoms with E-state index in [0.29, 0.717) is 12.0 Å². The van der Waals surface area contributed by atoms with Crippen LogP contribution in [0.25, 0.3) is 10.9 Å². The van der Waals surface area contributed by atoms with Crippen molar-refractivity contribution in [2.24, 2.45) is 13.0 Å². The van der Waals surface area contributed by atoms with Crippen molar-refractivity contribution in [1.82, 2.24) is 15.2 Å². The van der Waals surface area contributed by atoms with E-state index in [9.17, 15) is 0 Å². The molecule has 0 saturated carbocycles. The Labute approximate surface area is 102 Å². The number of rotatable bonds is 3. The lowest BCUT2D eigenvalue weighted by molar-refractivity contribution is 0.269. The highest BCUT2D eigenvalue weighted by Crippen LogP contribution is 2.31. The fourth-order valence-corrected chi connectivity index (χ4v) is 2.81. The Bertz CT molecular complexity index is 525. The molecule has 3 rings (SSSR count). The van der Waals surface area contributed by atoms with Gasteiger partial charge in [-0.25, -0.2) is 0 Å². The summed E-state index contributed by atoms with van der Waals surface area (Å²) in [5.74, 6) is 0.714. The van der Waals surface area contributed by atoms with Crippen LogP contribution in [-0.4, -0.2) is 24.7 Å². The zero-order chi connectivity index (χ0) is 11.8. The molecule has 0 bridgehead atoms. The summed E-state index contributed by atoms with van der Waals surface area (Å²) in [5.41, 5.74) is 2.74. The predicted octanol–water partition coefficient (Wildman–Crippen LogP) is 1.66. The van der Waals surface area contributed by atoms with Crippen LogP contribution in [0.4, 0.5) is 0 Å². The van der Waals surface area contributed by atoms with Gasteiger partial charge in [0.05, 0.1) is 0 Å². The lowest BCUT2D eigenvalue weighted by Crippen LogP contribution is -2.48. The first kappa shape index (κ1) is 10.8. The first-order valence-corrected chi connectivity index (χ1v) is 6.23. The fraction of sp³-hybridized carbons (Fsp3) is 0.429. The zero-order valence-corrected chi connectivity index (χ0v) is 10.4. The second kappa shape index (κ2) is 4.17. The number of aryl methyl sites for hydroxylation is 1. The van der Waals surface area contributed by atoms with Crippen LogP contribution in [0, 0.1) is 5.92 Å². The summed E-state index contributed by atoms with van der Waals surface area (Å²) in [7, 11) is 4.18. The van der Waals surface area contributed by atoms with Crippen molar-refractivity contribution in [2.75, 3.05) is 20.1 Å². The quantitative estimate of drug-likeness (QED) is 0.838. The van der Waals surface area contributed by atoms with Gasteiger partial charge in [0.1, 0.15) is 0 Å². The summed E-state index contributed by atoms with van der Waals surface area (Å²) in [6.45, 7) is 2.24. The Kier molecular flexibility index (Phi) is 2.65. The lowest BCUT2D eigenvalue weighted by atomic mass is 9.88. The van der Waals surface area contributed by atoms with E-state index in [0.717, 1.165) is 13.1 Å². The molecule has 90 valence electrons. The molecular weight excluding hydrogens is 210 g/mol. The second-order valence-corrected chi connectivity index (χ2v) is 4.90. The molecule has 3 heteroatoms. The number of fused-ring (bicyclic) bond motifs is 1. The Morgan fingerprint density at radius 2 is 2.12 bits per heavy atom. The highest BCUT2D eigenvalue weighted by atomic mass is 15.0. The molecule has 2 aromatic rings. The van der Waals surface area contributed by atoms with Crippen LogP contribution in [0.15, 0.2) is 30.5 Å². The van der Waals surface area contributed by atoms with Gasteiger partial charge in [0.2, 0.25) is 0 Å². The Morgan fingerprint density at radius 1 is 1.35 bits per heavy atom. The summed E-state index contributed by atoms with van der Waals surface area (Å²) < 4.78 is 2.22. The van der Waals surface area contributed by atoms with Crippen LogP contribution >= 0.6 is 0 Å². The average molecular weight is 229 g/mol. The Hall–Kier alpha value is -1.32. The largest absolute Gasteiger partial charge is 0.350 e. The standard InChI is InChI=1S/C14H19N3/c1-15-14(10-7-16-8-10)12-9-17(2)13-6-4-3-5-11(12)13/h3-6,9-10,14-16H,7-8H2,1-2H3. The van der Waals surface area contributed by atoms with Crippen LogP contribution in [0.5, 0.6) is 0 Å². The molecule has 2 N–H and O–H groups in total. The lowest BCUT2D eigenvalue weighted by Gasteiger charge is -2.34. The molecule has 0 aliphatic carbocycles. The number of hydrogen-bond donors (Lipinski definition) is 2. The normalized spacial score (nSPS) is 18.2. The van der Waals surface area contributed by atoms with Crippen LogP contribution < -0.4 is 10.6 Å². The van der Waals surface area contributed by atoms with Crippen molar-refractivity contribution in [3.05, 3.63) is 36.0 Å². The second-order valence-electron chi connectivity index (χ2n) is 4.90. The first-order valence-electron chi connectivity index (χ1n) is 6.23. The van der Waals surface area contributed by atoms with Gasteiger partial charge in [-0.05, 0) is 18.7 Å². The summed E-state index contributed by atoms with van der Waals surface area (Å²) in [5, 5.41) is 8.20. The van der Waals surface area contributed by atoms with Crippen LogP contribution in [0.3, 0.4) is 0 Å². The summed E-state index contributed by atoms with van der Waals surface area (Å²) in [6.07, 6.45) is 2.27. The van der Waals surface area contributed by atoms with Crippen molar-refractivity contribution >= 4 is 10.9 Å². The molecule has 3 nitrogen and oxygen atoms in total. The predicted molar refractivity (Wildman–Crippen MR) is 71.1 cm³/mol. The molecule has 1 aliphatic rings. The highest BCUT2D eigenvalue weighted by Gasteiger charge is 2.28. The number of nitrogens with zero attached hydrogens (tertiary/aromatic N) is 1. The van der Waals surface area contributed by atoms with Gasteiger partial charge in [0, 0.05) is 49.2 Å². The molecule has 0 amide bonds. The molecule has 0 spiro atoms. The monoisotopic (exact) mass is 229 g/mol. The van der Waals surface area contributed by atoms with Gasteiger partial charge in [-0.15, -0.1) is 0 Å². The van der Waals surface area contributed by atoms with Crippen LogP contribution in [0.2, 0.25) is 0 Å². The molecule has 1 aromatic carbocycles. The molecule has 1 aromatic heterocycles.